The molecule has 0 bridgehead atoms. The molecule has 0 amide bonds. The molecule has 0 aliphatic rings. The lowest BCUT2D eigenvalue weighted by Gasteiger charge is -2.07. The third kappa shape index (κ3) is 3.08. The Morgan fingerprint density at radius 2 is 2.12 bits per heavy atom. The summed E-state index contributed by atoms with van der Waals surface area (Å²) in [4.78, 5) is 17.8. The molecule has 0 aliphatic heterocycles. The first-order valence-electron chi connectivity index (χ1n) is 4.44. The van der Waals surface area contributed by atoms with Crippen LogP contribution in [-0.2, 0) is 0 Å². The normalized spacial score (nSPS) is 10.3. The van der Waals surface area contributed by atoms with Gasteiger partial charge in [0.05, 0.1) is 10.8 Å². The van der Waals surface area contributed by atoms with Crippen LogP contribution in [0.1, 0.15) is 0 Å². The molecule has 1 aromatic carbocycles. The number of hydrogen-bond acceptors (Lipinski definition) is 3. The standard InChI is InChI=1S/C10H5Br2IN2O2/c11-5-1-2-7(6(12)3-5)17-10-8(13)9(16)14-4-15-10/h1-4H,(H,14,15,16). The van der Waals surface area contributed by atoms with Gasteiger partial charge in [-0.1, -0.05) is 15.9 Å². The minimum atomic E-state index is -0.219. The molecule has 0 spiro atoms. The van der Waals surface area contributed by atoms with Gasteiger partial charge >= 0.3 is 0 Å². The molecule has 0 saturated carbocycles. The van der Waals surface area contributed by atoms with Crippen molar-refractivity contribution in [2.75, 3.05) is 0 Å². The van der Waals surface area contributed by atoms with Crippen LogP contribution in [0.5, 0.6) is 11.6 Å². The molecule has 7 heteroatoms. The van der Waals surface area contributed by atoms with Gasteiger partial charge in [0.25, 0.3) is 5.56 Å². The molecule has 0 atom stereocenters. The van der Waals surface area contributed by atoms with Crippen LogP contribution in [0, 0.1) is 3.57 Å². The maximum Gasteiger partial charge on any atom is 0.268 e. The summed E-state index contributed by atoms with van der Waals surface area (Å²) >= 11 is 8.62. The lowest BCUT2D eigenvalue weighted by atomic mass is 10.3. The van der Waals surface area contributed by atoms with Gasteiger partial charge in [0, 0.05) is 4.47 Å². The second-order valence-corrected chi connectivity index (χ2v) is 5.88. The number of ether oxygens (including phenoxy) is 1. The lowest BCUT2D eigenvalue weighted by molar-refractivity contribution is 0.453. The molecule has 88 valence electrons. The summed E-state index contributed by atoms with van der Waals surface area (Å²) < 4.78 is 7.70. The highest BCUT2D eigenvalue weighted by Crippen LogP contribution is 2.31. The summed E-state index contributed by atoms with van der Waals surface area (Å²) in [6.45, 7) is 0. The topological polar surface area (TPSA) is 55.0 Å². The van der Waals surface area contributed by atoms with Gasteiger partial charge in [0.1, 0.15) is 9.32 Å². The number of nitrogens with zero attached hydrogens (tertiary/aromatic N) is 1. The Labute approximate surface area is 127 Å². The van der Waals surface area contributed by atoms with Gasteiger partial charge in [0.2, 0.25) is 5.88 Å². The van der Waals surface area contributed by atoms with Crippen molar-refractivity contribution in [1.82, 2.24) is 9.97 Å². The first kappa shape index (κ1) is 13.0. The Bertz CT molecular complexity index is 615. The zero-order valence-electron chi connectivity index (χ0n) is 8.21. The fourth-order valence-corrected chi connectivity index (χ4v) is 2.63. The molecule has 0 unspecified atom stereocenters. The van der Waals surface area contributed by atoms with Crippen LogP contribution in [0.3, 0.4) is 0 Å². The number of nitrogens with one attached hydrogen (secondary N) is 1. The second kappa shape index (κ2) is 5.49. The molecule has 0 fully saturated rings. The van der Waals surface area contributed by atoms with Crippen LogP contribution < -0.4 is 10.3 Å². The molecule has 0 aliphatic carbocycles. The van der Waals surface area contributed by atoms with E-state index in [1.807, 2.05) is 34.7 Å². The largest absolute Gasteiger partial charge is 0.436 e. The van der Waals surface area contributed by atoms with Gasteiger partial charge in [-0.05, 0) is 56.7 Å². The van der Waals surface area contributed by atoms with Gasteiger partial charge in [0.15, 0.2) is 0 Å². The van der Waals surface area contributed by atoms with Gasteiger partial charge < -0.3 is 9.72 Å². The molecule has 2 aromatic rings. The van der Waals surface area contributed by atoms with Gasteiger partial charge in [-0.25, -0.2) is 4.98 Å². The summed E-state index contributed by atoms with van der Waals surface area (Å²) in [7, 11) is 0. The predicted molar refractivity (Wildman–Crippen MR) is 79.5 cm³/mol. The van der Waals surface area contributed by atoms with Crippen molar-refractivity contribution in [3.8, 4) is 11.6 Å². The maximum atomic E-state index is 11.4. The molecular weight excluding hydrogens is 467 g/mol. The lowest BCUT2D eigenvalue weighted by Crippen LogP contribution is -2.11. The average Bonchev–Trinajstić information content (AvgIpc) is 2.28. The Hall–Kier alpha value is -0.410. The van der Waals surface area contributed by atoms with E-state index in [9.17, 15) is 4.79 Å². The predicted octanol–water partition coefficient (Wildman–Crippen LogP) is 3.69. The number of H-pyrrole nitrogens is 1. The quantitative estimate of drug-likeness (QED) is 0.680. The van der Waals surface area contributed by atoms with E-state index in [1.54, 1.807) is 6.07 Å². The van der Waals surface area contributed by atoms with Gasteiger partial charge in [-0.15, -0.1) is 0 Å². The van der Waals surface area contributed by atoms with Gasteiger partial charge in [-0.3, -0.25) is 4.79 Å². The van der Waals surface area contributed by atoms with Crippen LogP contribution in [0.25, 0.3) is 0 Å². The van der Waals surface area contributed by atoms with Crippen molar-refractivity contribution in [1.29, 1.82) is 0 Å². The third-order valence-corrected chi connectivity index (χ3v) is 3.93. The van der Waals surface area contributed by atoms with E-state index < -0.39 is 0 Å². The van der Waals surface area contributed by atoms with Crippen molar-refractivity contribution in [2.24, 2.45) is 0 Å². The summed E-state index contributed by atoms with van der Waals surface area (Å²) in [5.74, 6) is 0.890. The van der Waals surface area contributed by atoms with E-state index in [4.69, 9.17) is 4.74 Å². The Morgan fingerprint density at radius 3 is 2.82 bits per heavy atom. The van der Waals surface area contributed by atoms with Crippen LogP contribution in [0.15, 0.2) is 38.3 Å². The molecule has 0 radical (unpaired) electrons. The Morgan fingerprint density at radius 1 is 1.35 bits per heavy atom. The molecule has 4 nitrogen and oxygen atoms in total. The molecule has 2 rings (SSSR count). The second-order valence-electron chi connectivity index (χ2n) is 3.03. The van der Waals surface area contributed by atoms with Crippen molar-refractivity contribution < 1.29 is 4.74 Å². The fourth-order valence-electron chi connectivity index (χ4n) is 1.10. The summed E-state index contributed by atoms with van der Waals surface area (Å²) in [5, 5.41) is 0. The molecule has 1 heterocycles. The van der Waals surface area contributed by atoms with E-state index in [0.717, 1.165) is 8.95 Å². The van der Waals surface area contributed by atoms with Crippen LogP contribution >= 0.6 is 54.5 Å². The van der Waals surface area contributed by atoms with E-state index in [1.165, 1.54) is 6.33 Å². The number of halogens is 3. The Balaban J connectivity index is 2.38. The van der Waals surface area contributed by atoms with E-state index in [-0.39, 0.29) is 11.4 Å². The summed E-state index contributed by atoms with van der Waals surface area (Å²) in [5.41, 5.74) is -0.219. The highest BCUT2D eigenvalue weighted by Gasteiger charge is 2.09. The fraction of sp³-hybridized carbons (Fsp3) is 0. The molecule has 17 heavy (non-hydrogen) atoms. The highest BCUT2D eigenvalue weighted by atomic mass is 127. The molecule has 0 saturated heterocycles. The number of aromatic nitrogens is 2. The van der Waals surface area contributed by atoms with Crippen molar-refractivity contribution in [3.05, 3.63) is 47.4 Å². The zero-order valence-corrected chi connectivity index (χ0v) is 13.5. The average molecular weight is 472 g/mol. The van der Waals surface area contributed by atoms with Crippen molar-refractivity contribution in [2.45, 2.75) is 0 Å². The minimum Gasteiger partial charge on any atom is -0.436 e. The first-order valence-corrected chi connectivity index (χ1v) is 7.10. The number of rotatable bonds is 2. The number of aromatic amines is 1. The highest BCUT2D eigenvalue weighted by molar-refractivity contribution is 14.1. The SMILES string of the molecule is O=c1[nH]cnc(Oc2ccc(Br)cc2Br)c1I. The minimum absolute atomic E-state index is 0.219. The number of benzene rings is 1. The van der Waals surface area contributed by atoms with E-state index in [0.29, 0.717) is 9.32 Å². The molecule has 1 aromatic heterocycles. The zero-order chi connectivity index (χ0) is 12.4. The maximum absolute atomic E-state index is 11.4. The van der Waals surface area contributed by atoms with Crippen LogP contribution in [0.4, 0.5) is 0 Å². The molecular formula is C10H5Br2IN2O2. The van der Waals surface area contributed by atoms with E-state index in [2.05, 4.69) is 41.8 Å². The molecule has 1 N–H and O–H groups in total. The first-order chi connectivity index (χ1) is 8.08. The van der Waals surface area contributed by atoms with Crippen LogP contribution in [-0.4, -0.2) is 9.97 Å². The monoisotopic (exact) mass is 470 g/mol. The Kier molecular flexibility index (Phi) is 4.21. The van der Waals surface area contributed by atoms with Crippen LogP contribution in [0.2, 0.25) is 0 Å². The number of hydrogen-bond donors (Lipinski definition) is 1. The van der Waals surface area contributed by atoms with Gasteiger partial charge in [-0.2, -0.15) is 0 Å². The summed E-state index contributed by atoms with van der Waals surface area (Å²) in [6, 6.07) is 5.49. The summed E-state index contributed by atoms with van der Waals surface area (Å²) in [6.07, 6.45) is 1.31. The van der Waals surface area contributed by atoms with Crippen molar-refractivity contribution >= 4 is 54.5 Å². The third-order valence-electron chi connectivity index (χ3n) is 1.87. The van der Waals surface area contributed by atoms with E-state index >= 15 is 0 Å². The van der Waals surface area contributed by atoms with Crippen molar-refractivity contribution in [3.63, 3.8) is 0 Å². The smallest absolute Gasteiger partial charge is 0.268 e.